The predicted octanol–water partition coefficient (Wildman–Crippen LogP) is 2.90. The van der Waals surface area contributed by atoms with Gasteiger partial charge in [-0.25, -0.2) is 0 Å². The number of rotatable bonds is 11. The van der Waals surface area contributed by atoms with E-state index in [1.54, 1.807) is 11.9 Å². The Kier molecular flexibility index (Phi) is 9.19. The van der Waals surface area contributed by atoms with Crippen LogP contribution < -0.4 is 0 Å². The van der Waals surface area contributed by atoms with Crippen LogP contribution in [0.4, 0.5) is 0 Å². The lowest BCUT2D eigenvalue weighted by molar-refractivity contribution is -0.136. The quantitative estimate of drug-likeness (QED) is 0.421. The summed E-state index contributed by atoms with van der Waals surface area (Å²) in [6, 6.07) is 7.58. The summed E-state index contributed by atoms with van der Waals surface area (Å²) in [6.07, 6.45) is 4.41. The van der Waals surface area contributed by atoms with Crippen molar-refractivity contribution in [2.75, 3.05) is 20.3 Å². The number of ether oxygens (including phenoxy) is 1. The van der Waals surface area contributed by atoms with Gasteiger partial charge in [0.2, 0.25) is 5.91 Å². The molecule has 1 saturated carbocycles. The Bertz CT molecular complexity index is 725. The maximum atomic E-state index is 12.4. The average Bonchev–Trinajstić information content (AvgIpc) is 2.69. The number of carbonyl (C=O) groups is 4. The van der Waals surface area contributed by atoms with Gasteiger partial charge in [0.05, 0.1) is 5.92 Å². The van der Waals surface area contributed by atoms with E-state index in [9.17, 15) is 19.2 Å². The smallest absolute Gasteiger partial charge is 0.248 e. The van der Waals surface area contributed by atoms with E-state index in [1.807, 2.05) is 24.3 Å². The summed E-state index contributed by atoms with van der Waals surface area (Å²) in [5.41, 5.74) is 1.85. The molecule has 0 aromatic heterocycles. The fraction of sp³-hybridized carbons (Fsp3) is 0.565. The van der Waals surface area contributed by atoms with Crippen molar-refractivity contribution >= 4 is 23.3 Å². The Morgan fingerprint density at radius 3 is 2.45 bits per heavy atom. The molecule has 1 aromatic carbocycles. The summed E-state index contributed by atoms with van der Waals surface area (Å²) >= 11 is 0. The first-order valence-electron chi connectivity index (χ1n) is 10.3. The van der Waals surface area contributed by atoms with Crippen molar-refractivity contribution in [1.29, 1.82) is 0 Å². The lowest BCUT2D eigenvalue weighted by atomic mass is 9.83. The minimum Gasteiger partial charge on any atom is -0.372 e. The number of Topliss-reactive ketones (excluding diaryl/α,β-unsaturated/α-hetero) is 3. The van der Waals surface area contributed by atoms with Crippen LogP contribution >= 0.6 is 0 Å². The third-order valence-corrected chi connectivity index (χ3v) is 5.23. The normalized spacial score (nSPS) is 16.5. The third kappa shape index (κ3) is 7.89. The van der Waals surface area contributed by atoms with Crippen molar-refractivity contribution < 1.29 is 23.9 Å². The van der Waals surface area contributed by atoms with E-state index in [0.717, 1.165) is 24.0 Å². The molecule has 1 aliphatic carbocycles. The molecule has 0 N–H and O–H groups in total. The molecule has 1 aliphatic rings. The molecule has 1 aromatic rings. The molecule has 1 unspecified atom stereocenters. The molecule has 0 radical (unpaired) electrons. The Morgan fingerprint density at radius 1 is 1.10 bits per heavy atom. The van der Waals surface area contributed by atoms with Crippen LogP contribution in [0.1, 0.15) is 56.6 Å². The van der Waals surface area contributed by atoms with E-state index in [1.165, 1.54) is 6.92 Å². The lowest BCUT2D eigenvalue weighted by Gasteiger charge is -2.19. The van der Waals surface area contributed by atoms with Gasteiger partial charge in [-0.15, -0.1) is 0 Å². The van der Waals surface area contributed by atoms with E-state index in [4.69, 9.17) is 4.74 Å². The van der Waals surface area contributed by atoms with Crippen molar-refractivity contribution in [3.63, 3.8) is 0 Å². The second-order valence-corrected chi connectivity index (χ2v) is 7.83. The number of benzene rings is 1. The van der Waals surface area contributed by atoms with Crippen LogP contribution in [0.5, 0.6) is 0 Å². The number of ketones is 3. The molecule has 0 saturated heterocycles. The Balaban J connectivity index is 1.76. The van der Waals surface area contributed by atoms with Gasteiger partial charge in [-0.3, -0.25) is 14.4 Å². The van der Waals surface area contributed by atoms with Gasteiger partial charge in [0, 0.05) is 39.5 Å². The van der Waals surface area contributed by atoms with Crippen LogP contribution in [-0.4, -0.2) is 48.4 Å². The summed E-state index contributed by atoms with van der Waals surface area (Å²) < 4.78 is 5.33. The number of carbonyl (C=O) groups excluding carboxylic acids is 4. The molecular weight excluding hydrogens is 370 g/mol. The van der Waals surface area contributed by atoms with E-state index in [2.05, 4.69) is 0 Å². The topological polar surface area (TPSA) is 80.8 Å². The zero-order valence-corrected chi connectivity index (χ0v) is 17.4. The Morgan fingerprint density at radius 2 is 1.79 bits per heavy atom. The first-order chi connectivity index (χ1) is 13.9. The second kappa shape index (κ2) is 11.6. The van der Waals surface area contributed by atoms with E-state index < -0.39 is 5.92 Å². The number of hydrogen-bond donors (Lipinski definition) is 0. The molecule has 0 spiro atoms. The van der Waals surface area contributed by atoms with Gasteiger partial charge in [0.15, 0.2) is 0 Å². The summed E-state index contributed by atoms with van der Waals surface area (Å²) in [5, 5.41) is 0. The highest BCUT2D eigenvalue weighted by Crippen LogP contribution is 2.23. The second-order valence-electron chi connectivity index (χ2n) is 7.83. The molecule has 0 bridgehead atoms. The summed E-state index contributed by atoms with van der Waals surface area (Å²) in [5.74, 6) is -0.337. The average molecular weight is 402 g/mol. The molecular formula is C23H31NO5. The first kappa shape index (κ1) is 22.9. The van der Waals surface area contributed by atoms with Gasteiger partial charge in [0.1, 0.15) is 24.0 Å². The van der Waals surface area contributed by atoms with Crippen LogP contribution in [0, 0.1) is 5.92 Å². The van der Waals surface area contributed by atoms with Crippen molar-refractivity contribution in [2.24, 2.45) is 5.92 Å². The molecule has 2 rings (SSSR count). The molecule has 6 heteroatoms. The standard InChI is InChI=1S/C23H31NO5/c1-17(25)6-5-13-29-16-23(28)24(2)15-19-11-9-18(10-12-19)14-22(27)20-7-3-4-8-21(20)26/h9-12,20H,3-8,13-16H2,1-2H3. The molecule has 29 heavy (non-hydrogen) atoms. The summed E-state index contributed by atoms with van der Waals surface area (Å²) in [6.45, 7) is 2.38. The van der Waals surface area contributed by atoms with E-state index in [0.29, 0.717) is 38.8 Å². The molecule has 0 heterocycles. The summed E-state index contributed by atoms with van der Waals surface area (Å²) in [4.78, 5) is 48.9. The maximum Gasteiger partial charge on any atom is 0.248 e. The lowest BCUT2D eigenvalue weighted by Crippen LogP contribution is -2.30. The molecule has 1 amide bonds. The van der Waals surface area contributed by atoms with Gasteiger partial charge in [-0.2, -0.15) is 0 Å². The van der Waals surface area contributed by atoms with Gasteiger partial charge >= 0.3 is 0 Å². The number of hydrogen-bond acceptors (Lipinski definition) is 5. The number of amides is 1. The van der Waals surface area contributed by atoms with Gasteiger partial charge < -0.3 is 14.4 Å². The van der Waals surface area contributed by atoms with Crippen molar-refractivity contribution in [3.8, 4) is 0 Å². The molecule has 1 atom stereocenters. The van der Waals surface area contributed by atoms with Crippen LogP contribution in [0.3, 0.4) is 0 Å². The maximum absolute atomic E-state index is 12.4. The largest absolute Gasteiger partial charge is 0.372 e. The van der Waals surface area contributed by atoms with E-state index in [-0.39, 0.29) is 36.3 Å². The highest BCUT2D eigenvalue weighted by Gasteiger charge is 2.28. The molecule has 1 fully saturated rings. The molecule has 0 aliphatic heterocycles. The Labute approximate surface area is 172 Å². The molecule has 158 valence electrons. The van der Waals surface area contributed by atoms with Gasteiger partial charge in [-0.05, 0) is 37.3 Å². The SMILES string of the molecule is CC(=O)CCCOCC(=O)N(C)Cc1ccc(CC(=O)C2CCCCC2=O)cc1. The van der Waals surface area contributed by atoms with Gasteiger partial charge in [-0.1, -0.05) is 30.7 Å². The van der Waals surface area contributed by atoms with Crippen LogP contribution in [-0.2, 0) is 36.9 Å². The number of likely N-dealkylation sites (N-methyl/N-ethyl adjacent to an activating group) is 1. The predicted molar refractivity (Wildman–Crippen MR) is 109 cm³/mol. The monoisotopic (exact) mass is 401 g/mol. The Hall–Kier alpha value is -2.34. The minimum absolute atomic E-state index is 0.00356. The molecule has 6 nitrogen and oxygen atoms in total. The fourth-order valence-electron chi connectivity index (χ4n) is 3.47. The fourth-order valence-corrected chi connectivity index (χ4v) is 3.47. The van der Waals surface area contributed by atoms with Crippen LogP contribution in [0.15, 0.2) is 24.3 Å². The zero-order valence-electron chi connectivity index (χ0n) is 17.4. The first-order valence-corrected chi connectivity index (χ1v) is 10.3. The van der Waals surface area contributed by atoms with Crippen molar-refractivity contribution in [2.45, 2.75) is 58.4 Å². The minimum atomic E-state index is -0.428. The number of nitrogens with zero attached hydrogens (tertiary/aromatic N) is 1. The third-order valence-electron chi connectivity index (χ3n) is 5.23. The van der Waals surface area contributed by atoms with Crippen LogP contribution in [0.2, 0.25) is 0 Å². The zero-order chi connectivity index (χ0) is 21.2. The van der Waals surface area contributed by atoms with Crippen molar-refractivity contribution in [1.82, 2.24) is 4.90 Å². The van der Waals surface area contributed by atoms with E-state index >= 15 is 0 Å². The van der Waals surface area contributed by atoms with Gasteiger partial charge in [0.25, 0.3) is 0 Å². The van der Waals surface area contributed by atoms with Crippen molar-refractivity contribution in [3.05, 3.63) is 35.4 Å². The summed E-state index contributed by atoms with van der Waals surface area (Å²) in [7, 11) is 1.72. The highest BCUT2D eigenvalue weighted by atomic mass is 16.5. The highest BCUT2D eigenvalue weighted by molar-refractivity contribution is 6.03. The van der Waals surface area contributed by atoms with Crippen LogP contribution in [0.25, 0.3) is 0 Å².